The van der Waals surface area contributed by atoms with Crippen molar-refractivity contribution in [3.05, 3.63) is 40.4 Å². The van der Waals surface area contributed by atoms with Gasteiger partial charge in [-0.1, -0.05) is 36.7 Å². The van der Waals surface area contributed by atoms with Crippen LogP contribution in [0.2, 0.25) is 0 Å². The van der Waals surface area contributed by atoms with Gasteiger partial charge in [0, 0.05) is 4.47 Å². The van der Waals surface area contributed by atoms with Crippen LogP contribution in [0.15, 0.2) is 29.3 Å². The van der Waals surface area contributed by atoms with Gasteiger partial charge >= 0.3 is 0 Å². The van der Waals surface area contributed by atoms with Gasteiger partial charge in [-0.2, -0.15) is 5.10 Å². The first-order chi connectivity index (χ1) is 7.89. The van der Waals surface area contributed by atoms with Gasteiger partial charge in [-0.3, -0.25) is 0 Å². The van der Waals surface area contributed by atoms with E-state index in [1.165, 1.54) is 11.1 Å². The SMILES string of the molecule is Cc1cc(Br)cc(C(C)(C)C)c1-n1cncn1. The van der Waals surface area contributed by atoms with E-state index in [1.54, 1.807) is 12.7 Å². The first-order valence-corrected chi connectivity index (χ1v) is 6.34. The summed E-state index contributed by atoms with van der Waals surface area (Å²) in [7, 11) is 0. The normalized spacial score (nSPS) is 11.8. The molecular weight excluding hydrogens is 278 g/mol. The summed E-state index contributed by atoms with van der Waals surface area (Å²) in [5.41, 5.74) is 3.64. The summed E-state index contributed by atoms with van der Waals surface area (Å²) < 4.78 is 2.94. The number of halogens is 1. The molecule has 17 heavy (non-hydrogen) atoms. The fraction of sp³-hybridized carbons (Fsp3) is 0.385. The summed E-state index contributed by atoms with van der Waals surface area (Å²) in [5, 5.41) is 4.24. The monoisotopic (exact) mass is 293 g/mol. The van der Waals surface area contributed by atoms with Crippen LogP contribution < -0.4 is 0 Å². The number of benzene rings is 1. The van der Waals surface area contributed by atoms with Crippen molar-refractivity contribution in [2.24, 2.45) is 0 Å². The highest BCUT2D eigenvalue weighted by Gasteiger charge is 2.21. The predicted octanol–water partition coefficient (Wildman–Crippen LogP) is 3.64. The number of aromatic nitrogens is 3. The first-order valence-electron chi connectivity index (χ1n) is 5.55. The van der Waals surface area contributed by atoms with Crippen LogP contribution in [0.3, 0.4) is 0 Å². The molecule has 1 aromatic carbocycles. The number of aryl methyl sites for hydroxylation is 1. The Kier molecular flexibility index (Phi) is 3.08. The lowest BCUT2D eigenvalue weighted by molar-refractivity contribution is 0.582. The van der Waals surface area contributed by atoms with Crippen LogP contribution in [0, 0.1) is 6.92 Å². The highest BCUT2D eigenvalue weighted by Crippen LogP contribution is 2.33. The molecule has 3 nitrogen and oxygen atoms in total. The predicted molar refractivity (Wildman–Crippen MR) is 72.5 cm³/mol. The largest absolute Gasteiger partial charge is 0.223 e. The Morgan fingerprint density at radius 3 is 2.47 bits per heavy atom. The summed E-state index contributed by atoms with van der Waals surface area (Å²) in [6, 6.07) is 4.26. The molecule has 0 aliphatic rings. The Bertz CT molecular complexity index is 524. The van der Waals surface area contributed by atoms with Crippen LogP contribution in [-0.2, 0) is 5.41 Å². The molecule has 0 fully saturated rings. The van der Waals surface area contributed by atoms with Crippen LogP contribution in [-0.4, -0.2) is 14.8 Å². The van der Waals surface area contributed by atoms with Crippen LogP contribution in [0.4, 0.5) is 0 Å². The molecule has 0 spiro atoms. The van der Waals surface area contributed by atoms with Gasteiger partial charge in [0.2, 0.25) is 0 Å². The molecule has 1 heterocycles. The number of hydrogen-bond donors (Lipinski definition) is 0. The molecule has 0 atom stereocenters. The summed E-state index contributed by atoms with van der Waals surface area (Å²) >= 11 is 3.56. The van der Waals surface area contributed by atoms with E-state index in [4.69, 9.17) is 0 Å². The molecule has 0 aliphatic heterocycles. The Balaban J connectivity index is 2.73. The number of rotatable bonds is 1. The topological polar surface area (TPSA) is 30.7 Å². The van der Waals surface area contributed by atoms with Gasteiger partial charge in [-0.25, -0.2) is 9.67 Å². The average molecular weight is 294 g/mol. The zero-order valence-corrected chi connectivity index (χ0v) is 12.1. The molecule has 0 saturated heterocycles. The average Bonchev–Trinajstić information content (AvgIpc) is 2.67. The number of nitrogens with zero attached hydrogens (tertiary/aromatic N) is 3. The van der Waals surface area contributed by atoms with Gasteiger partial charge in [0.25, 0.3) is 0 Å². The lowest BCUT2D eigenvalue weighted by Crippen LogP contribution is -2.16. The van der Waals surface area contributed by atoms with E-state index in [9.17, 15) is 0 Å². The molecule has 2 aromatic rings. The minimum absolute atomic E-state index is 0.0653. The Morgan fingerprint density at radius 1 is 1.24 bits per heavy atom. The van der Waals surface area contributed by atoms with Crippen molar-refractivity contribution in [3.8, 4) is 5.69 Å². The third-order valence-electron chi connectivity index (χ3n) is 2.72. The van der Waals surface area contributed by atoms with Gasteiger partial charge in [-0.05, 0) is 35.6 Å². The maximum atomic E-state index is 4.24. The molecule has 0 aliphatic carbocycles. The minimum atomic E-state index is 0.0653. The van der Waals surface area contributed by atoms with Crippen molar-refractivity contribution in [1.29, 1.82) is 0 Å². The highest BCUT2D eigenvalue weighted by atomic mass is 79.9. The fourth-order valence-corrected chi connectivity index (χ4v) is 2.51. The van der Waals surface area contributed by atoms with E-state index < -0.39 is 0 Å². The van der Waals surface area contributed by atoms with Crippen molar-refractivity contribution in [3.63, 3.8) is 0 Å². The van der Waals surface area contributed by atoms with Crippen molar-refractivity contribution >= 4 is 15.9 Å². The molecule has 0 N–H and O–H groups in total. The molecule has 4 heteroatoms. The Morgan fingerprint density at radius 2 is 1.94 bits per heavy atom. The molecule has 2 rings (SSSR count). The molecular formula is C13H16BrN3. The van der Waals surface area contributed by atoms with Gasteiger partial charge in [0.15, 0.2) is 0 Å². The van der Waals surface area contributed by atoms with Gasteiger partial charge in [0.1, 0.15) is 12.7 Å². The van der Waals surface area contributed by atoms with E-state index in [0.29, 0.717) is 0 Å². The molecule has 0 radical (unpaired) electrons. The lowest BCUT2D eigenvalue weighted by Gasteiger charge is -2.24. The molecule has 0 saturated carbocycles. The number of hydrogen-bond acceptors (Lipinski definition) is 2. The van der Waals surface area contributed by atoms with Crippen LogP contribution in [0.1, 0.15) is 31.9 Å². The van der Waals surface area contributed by atoms with Crippen LogP contribution in [0.25, 0.3) is 5.69 Å². The van der Waals surface area contributed by atoms with Crippen LogP contribution in [0.5, 0.6) is 0 Å². The smallest absolute Gasteiger partial charge is 0.138 e. The maximum absolute atomic E-state index is 4.24. The van der Waals surface area contributed by atoms with E-state index in [0.717, 1.165) is 10.2 Å². The van der Waals surface area contributed by atoms with Gasteiger partial charge < -0.3 is 0 Å². The quantitative estimate of drug-likeness (QED) is 0.804. The van der Waals surface area contributed by atoms with Crippen LogP contribution >= 0.6 is 15.9 Å². The van der Waals surface area contributed by atoms with E-state index in [1.807, 2.05) is 4.68 Å². The summed E-state index contributed by atoms with van der Waals surface area (Å²) in [6.45, 7) is 8.70. The molecule has 0 bridgehead atoms. The standard InChI is InChI=1S/C13H16BrN3/c1-9-5-10(14)6-11(13(2,3)4)12(9)17-8-15-7-16-17/h5-8H,1-4H3. The van der Waals surface area contributed by atoms with E-state index >= 15 is 0 Å². The second-order valence-electron chi connectivity index (χ2n) is 5.21. The third-order valence-corrected chi connectivity index (χ3v) is 3.18. The van der Waals surface area contributed by atoms with Crippen molar-refractivity contribution in [2.45, 2.75) is 33.1 Å². The van der Waals surface area contributed by atoms with Gasteiger partial charge in [0.05, 0.1) is 5.69 Å². The van der Waals surface area contributed by atoms with Gasteiger partial charge in [-0.15, -0.1) is 0 Å². The molecule has 0 amide bonds. The zero-order valence-electron chi connectivity index (χ0n) is 10.5. The minimum Gasteiger partial charge on any atom is -0.223 e. The van der Waals surface area contributed by atoms with E-state index in [-0.39, 0.29) is 5.41 Å². The fourth-order valence-electron chi connectivity index (χ4n) is 1.94. The Hall–Kier alpha value is -1.16. The van der Waals surface area contributed by atoms with Crippen molar-refractivity contribution < 1.29 is 0 Å². The lowest BCUT2D eigenvalue weighted by atomic mass is 9.84. The summed E-state index contributed by atoms with van der Waals surface area (Å²) in [5.74, 6) is 0. The van der Waals surface area contributed by atoms with Crippen molar-refractivity contribution in [1.82, 2.24) is 14.8 Å². The Labute approximate surface area is 110 Å². The molecule has 0 unspecified atom stereocenters. The molecule has 1 aromatic heterocycles. The first kappa shape index (κ1) is 12.3. The maximum Gasteiger partial charge on any atom is 0.138 e. The highest BCUT2D eigenvalue weighted by molar-refractivity contribution is 9.10. The zero-order chi connectivity index (χ0) is 12.6. The van der Waals surface area contributed by atoms with E-state index in [2.05, 4.69) is 65.8 Å². The third kappa shape index (κ3) is 2.41. The second-order valence-corrected chi connectivity index (χ2v) is 6.12. The summed E-state index contributed by atoms with van der Waals surface area (Å²) in [6.07, 6.45) is 3.30. The summed E-state index contributed by atoms with van der Waals surface area (Å²) in [4.78, 5) is 4.03. The molecule has 90 valence electrons. The van der Waals surface area contributed by atoms with Crippen molar-refractivity contribution in [2.75, 3.05) is 0 Å². The second kappa shape index (κ2) is 4.26.